The van der Waals surface area contributed by atoms with Gasteiger partial charge in [-0.3, -0.25) is 0 Å². The van der Waals surface area contributed by atoms with Crippen LogP contribution in [0, 0.1) is 12.7 Å². The van der Waals surface area contributed by atoms with Gasteiger partial charge in [0.2, 0.25) is 20.0 Å². The molecular formula is C15H21FN2O4S2. The summed E-state index contributed by atoms with van der Waals surface area (Å²) in [6.45, 7) is 1.51. The molecule has 6 nitrogen and oxygen atoms in total. The van der Waals surface area contributed by atoms with Crippen LogP contribution in [0.25, 0.3) is 0 Å². The largest absolute Gasteiger partial charge is 0.240 e. The van der Waals surface area contributed by atoms with Gasteiger partial charge in [-0.2, -0.15) is 4.31 Å². The Hall–Kier alpha value is -1.03. The minimum Gasteiger partial charge on any atom is -0.212 e. The van der Waals surface area contributed by atoms with E-state index in [9.17, 15) is 21.2 Å². The number of hydrogen-bond acceptors (Lipinski definition) is 4. The third-order valence-corrected chi connectivity index (χ3v) is 7.69. The number of rotatable bonds is 4. The first-order valence-electron chi connectivity index (χ1n) is 7.85. The van der Waals surface area contributed by atoms with E-state index in [4.69, 9.17) is 0 Å². The van der Waals surface area contributed by atoms with Crippen molar-refractivity contribution in [2.75, 3.05) is 6.26 Å². The van der Waals surface area contributed by atoms with Crippen molar-refractivity contribution in [3.05, 3.63) is 29.6 Å². The van der Waals surface area contributed by atoms with Crippen LogP contribution < -0.4 is 4.72 Å². The van der Waals surface area contributed by atoms with E-state index in [1.165, 1.54) is 29.6 Å². The Morgan fingerprint density at radius 3 is 2.21 bits per heavy atom. The fourth-order valence-electron chi connectivity index (χ4n) is 3.84. The van der Waals surface area contributed by atoms with Gasteiger partial charge in [0.1, 0.15) is 5.82 Å². The zero-order valence-corrected chi connectivity index (χ0v) is 15.2. The summed E-state index contributed by atoms with van der Waals surface area (Å²) in [6, 6.07) is 3.07. The number of fused-ring (bicyclic) bond motifs is 2. The molecular weight excluding hydrogens is 355 g/mol. The number of piperidine rings is 1. The number of sulfonamides is 2. The van der Waals surface area contributed by atoms with Crippen LogP contribution >= 0.6 is 0 Å². The highest BCUT2D eigenvalue weighted by atomic mass is 32.2. The maximum atomic E-state index is 13.3. The summed E-state index contributed by atoms with van der Waals surface area (Å²) in [5.41, 5.74) is 0.268. The van der Waals surface area contributed by atoms with E-state index in [0.717, 1.165) is 18.9 Å². The molecule has 0 radical (unpaired) electrons. The number of aryl methyl sites for hydroxylation is 1. The van der Waals surface area contributed by atoms with Crippen molar-refractivity contribution in [1.29, 1.82) is 0 Å². The van der Waals surface area contributed by atoms with Crippen LogP contribution in [0.15, 0.2) is 23.1 Å². The molecule has 0 saturated carbocycles. The summed E-state index contributed by atoms with van der Waals surface area (Å²) in [6.07, 6.45) is 3.63. The van der Waals surface area contributed by atoms with Crippen molar-refractivity contribution in [2.24, 2.45) is 0 Å². The van der Waals surface area contributed by atoms with Crippen molar-refractivity contribution in [1.82, 2.24) is 9.03 Å². The predicted molar refractivity (Wildman–Crippen MR) is 88.0 cm³/mol. The fraction of sp³-hybridized carbons (Fsp3) is 0.600. The number of benzene rings is 1. The fourth-order valence-corrected chi connectivity index (χ4v) is 6.66. The lowest BCUT2D eigenvalue weighted by Gasteiger charge is -2.37. The van der Waals surface area contributed by atoms with Crippen LogP contribution in [0.5, 0.6) is 0 Å². The second-order valence-corrected chi connectivity index (χ2v) is 10.3. The highest BCUT2D eigenvalue weighted by Crippen LogP contribution is 2.37. The van der Waals surface area contributed by atoms with Crippen molar-refractivity contribution < 1.29 is 21.2 Å². The van der Waals surface area contributed by atoms with Crippen LogP contribution in [-0.2, 0) is 20.0 Å². The second-order valence-electron chi connectivity index (χ2n) is 6.68. The maximum Gasteiger partial charge on any atom is 0.240 e. The number of halogens is 1. The van der Waals surface area contributed by atoms with Crippen molar-refractivity contribution >= 4 is 20.0 Å². The molecule has 0 amide bonds. The van der Waals surface area contributed by atoms with Gasteiger partial charge in [0.05, 0.1) is 11.2 Å². The molecule has 134 valence electrons. The lowest BCUT2D eigenvalue weighted by molar-refractivity contribution is 0.221. The first-order chi connectivity index (χ1) is 11.1. The standard InChI is InChI=1S/C15H21FN2O4S2/c1-10-7-14(5-6-15(10)16)24(21,22)17-11-8-12-3-4-13(9-11)18(12)23(2,19)20/h5-7,11-13,17H,3-4,8-9H2,1-2H3. The van der Waals surface area contributed by atoms with E-state index in [2.05, 4.69) is 4.72 Å². The summed E-state index contributed by atoms with van der Waals surface area (Å²) >= 11 is 0. The average molecular weight is 376 g/mol. The Morgan fingerprint density at radius 2 is 1.71 bits per heavy atom. The topological polar surface area (TPSA) is 83.6 Å². The molecule has 2 fully saturated rings. The molecule has 0 aromatic heterocycles. The van der Waals surface area contributed by atoms with E-state index in [1.54, 1.807) is 0 Å². The van der Waals surface area contributed by atoms with Gasteiger partial charge in [-0.25, -0.2) is 25.9 Å². The normalized spacial score (nSPS) is 28.2. The Morgan fingerprint density at radius 1 is 1.12 bits per heavy atom. The quantitative estimate of drug-likeness (QED) is 0.860. The summed E-state index contributed by atoms with van der Waals surface area (Å²) in [7, 11) is -7.03. The third kappa shape index (κ3) is 3.35. The van der Waals surface area contributed by atoms with Crippen molar-refractivity contribution in [3.8, 4) is 0 Å². The first-order valence-corrected chi connectivity index (χ1v) is 11.2. The van der Waals surface area contributed by atoms with Crippen LogP contribution in [0.3, 0.4) is 0 Å². The number of nitrogens with one attached hydrogen (secondary N) is 1. The van der Waals surface area contributed by atoms with Crippen LogP contribution in [-0.4, -0.2) is 45.5 Å². The van der Waals surface area contributed by atoms with Gasteiger partial charge < -0.3 is 0 Å². The van der Waals surface area contributed by atoms with Gasteiger partial charge in [-0.05, 0) is 56.4 Å². The van der Waals surface area contributed by atoms with Gasteiger partial charge in [0.25, 0.3) is 0 Å². The van der Waals surface area contributed by atoms with Crippen molar-refractivity contribution in [3.63, 3.8) is 0 Å². The Bertz CT molecular complexity index is 840. The Balaban J connectivity index is 1.77. The van der Waals surface area contributed by atoms with Crippen LogP contribution in [0.1, 0.15) is 31.2 Å². The Kier molecular flexibility index (Phi) is 4.48. The minimum atomic E-state index is -3.76. The van der Waals surface area contributed by atoms with Gasteiger partial charge in [0.15, 0.2) is 0 Å². The molecule has 2 bridgehead atoms. The zero-order valence-electron chi connectivity index (χ0n) is 13.6. The molecule has 2 saturated heterocycles. The summed E-state index contributed by atoms with van der Waals surface area (Å²) in [5.74, 6) is -0.451. The van der Waals surface area contributed by atoms with Gasteiger partial charge in [-0.15, -0.1) is 0 Å². The molecule has 2 atom stereocenters. The monoisotopic (exact) mass is 376 g/mol. The van der Waals surface area contributed by atoms with E-state index in [-0.39, 0.29) is 28.6 Å². The first kappa shape index (κ1) is 17.8. The molecule has 3 rings (SSSR count). The molecule has 2 unspecified atom stereocenters. The zero-order chi connectivity index (χ0) is 17.7. The van der Waals surface area contributed by atoms with E-state index in [0.29, 0.717) is 12.8 Å². The third-order valence-electron chi connectivity index (χ3n) is 4.81. The maximum absolute atomic E-state index is 13.3. The van der Waals surface area contributed by atoms with Crippen LogP contribution in [0.4, 0.5) is 4.39 Å². The molecule has 1 N–H and O–H groups in total. The highest BCUT2D eigenvalue weighted by molar-refractivity contribution is 7.89. The summed E-state index contributed by atoms with van der Waals surface area (Å²) in [5, 5.41) is 0. The molecule has 2 heterocycles. The summed E-state index contributed by atoms with van der Waals surface area (Å²) < 4.78 is 66.3. The SMILES string of the molecule is Cc1cc(S(=O)(=O)NC2CC3CCC(C2)N3S(C)(=O)=O)ccc1F. The molecule has 9 heteroatoms. The lowest BCUT2D eigenvalue weighted by atomic mass is 10.0. The number of hydrogen-bond donors (Lipinski definition) is 1. The highest BCUT2D eigenvalue weighted by Gasteiger charge is 2.45. The average Bonchev–Trinajstić information content (AvgIpc) is 2.74. The van der Waals surface area contributed by atoms with Crippen LogP contribution in [0.2, 0.25) is 0 Å². The molecule has 0 aliphatic carbocycles. The number of nitrogens with zero attached hydrogens (tertiary/aromatic N) is 1. The van der Waals surface area contributed by atoms with Gasteiger partial charge in [-0.1, -0.05) is 0 Å². The molecule has 2 aliphatic rings. The second kappa shape index (κ2) is 6.05. The predicted octanol–water partition coefficient (Wildman–Crippen LogP) is 1.37. The minimum absolute atomic E-state index is 0.0271. The van der Waals surface area contributed by atoms with E-state index in [1.807, 2.05) is 0 Å². The smallest absolute Gasteiger partial charge is 0.212 e. The molecule has 1 aromatic carbocycles. The molecule has 24 heavy (non-hydrogen) atoms. The van der Waals surface area contributed by atoms with Gasteiger partial charge in [0, 0.05) is 18.1 Å². The lowest BCUT2D eigenvalue weighted by Crippen LogP contribution is -2.51. The molecule has 1 aromatic rings. The summed E-state index contributed by atoms with van der Waals surface area (Å²) in [4.78, 5) is 0.0271. The Labute approximate surface area is 142 Å². The van der Waals surface area contributed by atoms with Gasteiger partial charge >= 0.3 is 0 Å². The molecule has 0 spiro atoms. The van der Waals surface area contributed by atoms with Crippen molar-refractivity contribution in [2.45, 2.75) is 55.6 Å². The molecule has 2 aliphatic heterocycles. The van der Waals surface area contributed by atoms with E-state index >= 15 is 0 Å². The van der Waals surface area contributed by atoms with E-state index < -0.39 is 25.9 Å².